The summed E-state index contributed by atoms with van der Waals surface area (Å²) in [5.74, 6) is 0.155. The lowest BCUT2D eigenvalue weighted by Gasteiger charge is -2.19. The van der Waals surface area contributed by atoms with Crippen molar-refractivity contribution in [1.29, 1.82) is 0 Å². The number of rotatable bonds is 10. The van der Waals surface area contributed by atoms with E-state index in [1.54, 1.807) is 0 Å². The molecular weight excluding hydrogens is 368 g/mol. The van der Waals surface area contributed by atoms with Crippen molar-refractivity contribution < 1.29 is 27.8 Å². The first-order valence-corrected chi connectivity index (χ1v) is 8.87. The van der Waals surface area contributed by atoms with Crippen LogP contribution in [0.1, 0.15) is 46.5 Å². The topological polar surface area (TPSA) is 56.8 Å². The second kappa shape index (κ2) is 11.1. The van der Waals surface area contributed by atoms with Gasteiger partial charge in [-0.15, -0.1) is 0 Å². The Bertz CT molecular complexity index is 565. The van der Waals surface area contributed by atoms with Gasteiger partial charge in [-0.2, -0.15) is 8.78 Å². The van der Waals surface area contributed by atoms with E-state index < -0.39 is 12.7 Å². The van der Waals surface area contributed by atoms with Crippen molar-refractivity contribution in [2.75, 3.05) is 13.2 Å². The van der Waals surface area contributed by atoms with Gasteiger partial charge in [0.25, 0.3) is 0 Å². The van der Waals surface area contributed by atoms with Gasteiger partial charge in [0.1, 0.15) is 0 Å². The number of benzene rings is 1. The minimum Gasteiger partial charge on any atom is -0.490 e. The SMILES string of the molecule is CC(C)(C)NC(=O)OCCCCCCOc1cc(Cl)ccc1OC(F)F. The Hall–Kier alpha value is -1.76. The van der Waals surface area contributed by atoms with Gasteiger partial charge in [-0.3, -0.25) is 0 Å². The maximum atomic E-state index is 12.4. The van der Waals surface area contributed by atoms with Crippen molar-refractivity contribution in [1.82, 2.24) is 5.32 Å². The van der Waals surface area contributed by atoms with E-state index in [0.29, 0.717) is 18.2 Å². The quantitative estimate of drug-likeness (QED) is 0.540. The smallest absolute Gasteiger partial charge is 0.407 e. The van der Waals surface area contributed by atoms with E-state index in [1.165, 1.54) is 18.2 Å². The lowest BCUT2D eigenvalue weighted by Crippen LogP contribution is -2.41. The fourth-order valence-corrected chi connectivity index (χ4v) is 2.20. The van der Waals surface area contributed by atoms with E-state index >= 15 is 0 Å². The van der Waals surface area contributed by atoms with Crippen LogP contribution in [0.2, 0.25) is 5.02 Å². The molecule has 5 nitrogen and oxygen atoms in total. The summed E-state index contributed by atoms with van der Waals surface area (Å²) in [6.45, 7) is 3.42. The van der Waals surface area contributed by atoms with Gasteiger partial charge in [0, 0.05) is 16.6 Å². The first kappa shape index (κ1) is 22.3. The van der Waals surface area contributed by atoms with Crippen molar-refractivity contribution in [2.45, 2.75) is 58.6 Å². The normalized spacial score (nSPS) is 11.3. The highest BCUT2D eigenvalue weighted by Crippen LogP contribution is 2.31. The van der Waals surface area contributed by atoms with Gasteiger partial charge in [-0.25, -0.2) is 4.79 Å². The molecule has 0 spiro atoms. The Morgan fingerprint density at radius 1 is 1.12 bits per heavy atom. The molecule has 0 aliphatic rings. The first-order valence-electron chi connectivity index (χ1n) is 8.49. The molecule has 0 aliphatic carbocycles. The average Bonchev–Trinajstić information content (AvgIpc) is 2.50. The standard InChI is InChI=1S/C18H26ClF2NO4/c1-18(2,3)22-17(23)25-11-7-5-4-6-10-24-15-12-13(19)8-9-14(15)26-16(20)21/h8-9,12,16H,4-7,10-11H2,1-3H3,(H,22,23). The second-order valence-electron chi connectivity index (χ2n) is 6.74. The van der Waals surface area contributed by atoms with E-state index in [0.717, 1.165) is 25.7 Å². The molecular formula is C18H26ClF2NO4. The molecule has 0 saturated carbocycles. The number of carbonyl (C=O) groups excluding carboxylic acids is 1. The number of alkyl carbamates (subject to hydrolysis) is 1. The van der Waals surface area contributed by atoms with E-state index in [4.69, 9.17) is 21.1 Å². The number of alkyl halides is 2. The zero-order chi connectivity index (χ0) is 19.6. The van der Waals surface area contributed by atoms with Crippen molar-refractivity contribution >= 4 is 17.7 Å². The molecule has 8 heteroatoms. The number of halogens is 3. The fraction of sp³-hybridized carbons (Fsp3) is 0.611. The molecule has 0 fully saturated rings. The molecule has 0 unspecified atom stereocenters. The first-order chi connectivity index (χ1) is 12.2. The summed E-state index contributed by atoms with van der Waals surface area (Å²) in [5, 5.41) is 3.10. The number of amides is 1. The van der Waals surface area contributed by atoms with Crippen LogP contribution in [0, 0.1) is 0 Å². The van der Waals surface area contributed by atoms with Crippen molar-refractivity contribution in [2.24, 2.45) is 0 Å². The Morgan fingerprint density at radius 2 is 1.77 bits per heavy atom. The Morgan fingerprint density at radius 3 is 2.38 bits per heavy atom. The maximum Gasteiger partial charge on any atom is 0.407 e. The summed E-state index contributed by atoms with van der Waals surface area (Å²) in [6.07, 6.45) is 2.77. The summed E-state index contributed by atoms with van der Waals surface area (Å²) in [4.78, 5) is 11.5. The average molecular weight is 394 g/mol. The lowest BCUT2D eigenvalue weighted by atomic mass is 10.1. The summed E-state index contributed by atoms with van der Waals surface area (Å²) in [6, 6.07) is 4.26. The van der Waals surface area contributed by atoms with Crippen molar-refractivity contribution in [3.8, 4) is 11.5 Å². The second-order valence-corrected chi connectivity index (χ2v) is 7.18. The van der Waals surface area contributed by atoms with Crippen LogP contribution in [0.3, 0.4) is 0 Å². The van der Waals surface area contributed by atoms with Gasteiger partial charge in [0.05, 0.1) is 13.2 Å². The molecule has 0 aromatic heterocycles. The van der Waals surface area contributed by atoms with Crippen LogP contribution in [0.25, 0.3) is 0 Å². The molecule has 1 amide bonds. The van der Waals surface area contributed by atoms with Crippen LogP contribution in [0.5, 0.6) is 11.5 Å². The number of nitrogens with one attached hydrogen (secondary N) is 1. The number of hydrogen-bond donors (Lipinski definition) is 1. The van der Waals surface area contributed by atoms with Crippen LogP contribution in [-0.2, 0) is 4.74 Å². The minimum absolute atomic E-state index is 0.0392. The van der Waals surface area contributed by atoms with Crippen molar-refractivity contribution in [3.63, 3.8) is 0 Å². The van der Waals surface area contributed by atoms with Crippen LogP contribution >= 0.6 is 11.6 Å². The van der Waals surface area contributed by atoms with E-state index in [9.17, 15) is 13.6 Å². The van der Waals surface area contributed by atoms with E-state index in [1.807, 2.05) is 20.8 Å². The highest BCUT2D eigenvalue weighted by molar-refractivity contribution is 6.30. The summed E-state index contributed by atoms with van der Waals surface area (Å²) in [7, 11) is 0. The third-order valence-electron chi connectivity index (χ3n) is 3.13. The molecule has 0 bridgehead atoms. The molecule has 0 saturated heterocycles. The summed E-state index contributed by atoms with van der Waals surface area (Å²) >= 11 is 5.85. The Kier molecular flexibility index (Phi) is 9.48. The number of hydrogen-bond acceptors (Lipinski definition) is 4. The predicted octanol–water partition coefficient (Wildman–Crippen LogP) is 5.41. The van der Waals surface area contributed by atoms with Crippen LogP contribution in [0.4, 0.5) is 13.6 Å². The largest absolute Gasteiger partial charge is 0.490 e. The third-order valence-corrected chi connectivity index (χ3v) is 3.36. The Balaban J connectivity index is 2.18. The van der Waals surface area contributed by atoms with Crippen LogP contribution in [0.15, 0.2) is 18.2 Å². The monoisotopic (exact) mass is 393 g/mol. The number of unbranched alkanes of at least 4 members (excludes halogenated alkanes) is 3. The highest BCUT2D eigenvalue weighted by atomic mass is 35.5. The van der Waals surface area contributed by atoms with Gasteiger partial charge >= 0.3 is 12.7 Å². The molecule has 0 atom stereocenters. The molecule has 0 aliphatic heterocycles. The third kappa shape index (κ3) is 10.3. The van der Waals surface area contributed by atoms with Gasteiger partial charge in [-0.05, 0) is 58.6 Å². The molecule has 1 N–H and O–H groups in total. The summed E-state index contributed by atoms with van der Waals surface area (Å²) in [5.41, 5.74) is -0.318. The lowest BCUT2D eigenvalue weighted by molar-refractivity contribution is -0.0515. The zero-order valence-electron chi connectivity index (χ0n) is 15.3. The molecule has 148 valence electrons. The predicted molar refractivity (Wildman–Crippen MR) is 96.3 cm³/mol. The van der Waals surface area contributed by atoms with E-state index in [-0.39, 0.29) is 17.0 Å². The zero-order valence-corrected chi connectivity index (χ0v) is 16.1. The molecule has 0 heterocycles. The van der Waals surface area contributed by atoms with Gasteiger partial charge in [0.2, 0.25) is 0 Å². The van der Waals surface area contributed by atoms with E-state index in [2.05, 4.69) is 10.1 Å². The van der Waals surface area contributed by atoms with Gasteiger partial charge < -0.3 is 19.5 Å². The minimum atomic E-state index is -2.92. The Labute approximate surface area is 157 Å². The van der Waals surface area contributed by atoms with Crippen molar-refractivity contribution in [3.05, 3.63) is 23.2 Å². The van der Waals surface area contributed by atoms with Crippen LogP contribution in [-0.4, -0.2) is 31.5 Å². The molecule has 1 aromatic carbocycles. The number of carbonyl (C=O) groups is 1. The molecule has 26 heavy (non-hydrogen) atoms. The molecule has 1 aromatic rings. The fourth-order valence-electron chi connectivity index (χ4n) is 2.03. The molecule has 1 rings (SSSR count). The van der Waals surface area contributed by atoms with Crippen LogP contribution < -0.4 is 14.8 Å². The molecule has 0 radical (unpaired) electrons. The maximum absolute atomic E-state index is 12.4. The van der Waals surface area contributed by atoms with Gasteiger partial charge in [-0.1, -0.05) is 11.6 Å². The number of ether oxygens (including phenoxy) is 3. The highest BCUT2D eigenvalue weighted by Gasteiger charge is 2.14. The van der Waals surface area contributed by atoms with Gasteiger partial charge in [0.15, 0.2) is 11.5 Å². The summed E-state index contributed by atoms with van der Waals surface area (Å²) < 4.78 is 39.7.